The molecule has 1 amide bonds. The lowest BCUT2D eigenvalue weighted by Gasteiger charge is -2.18. The topological polar surface area (TPSA) is 61.4 Å². The Bertz CT molecular complexity index is 466. The highest BCUT2D eigenvalue weighted by molar-refractivity contribution is 5.85. The molecule has 6 heteroatoms. The van der Waals surface area contributed by atoms with Gasteiger partial charge in [0.05, 0.1) is 12.6 Å². The molecule has 1 fully saturated rings. The first-order chi connectivity index (χ1) is 10.0. The van der Waals surface area contributed by atoms with E-state index in [1.165, 1.54) is 25.0 Å². The summed E-state index contributed by atoms with van der Waals surface area (Å²) in [6.45, 7) is 3.07. The van der Waals surface area contributed by atoms with Crippen LogP contribution in [0.15, 0.2) is 24.3 Å². The summed E-state index contributed by atoms with van der Waals surface area (Å²) in [5, 5.41) is 16.0. The first-order valence-corrected chi connectivity index (χ1v) is 7.48. The highest BCUT2D eigenvalue weighted by Crippen LogP contribution is 2.27. The van der Waals surface area contributed by atoms with Gasteiger partial charge in [-0.2, -0.15) is 0 Å². The Kier molecular flexibility index (Phi) is 7.79. The van der Waals surface area contributed by atoms with Gasteiger partial charge in [-0.25, -0.2) is 4.39 Å². The number of halogens is 2. The third-order valence-corrected chi connectivity index (χ3v) is 3.65. The third kappa shape index (κ3) is 6.73. The van der Waals surface area contributed by atoms with Crippen LogP contribution < -0.4 is 10.6 Å². The predicted octanol–water partition coefficient (Wildman–Crippen LogP) is 2.18. The van der Waals surface area contributed by atoms with Crippen LogP contribution in [0, 0.1) is 11.7 Å². The molecule has 0 radical (unpaired) electrons. The Morgan fingerprint density at radius 2 is 2.00 bits per heavy atom. The van der Waals surface area contributed by atoms with Crippen molar-refractivity contribution in [1.29, 1.82) is 0 Å². The van der Waals surface area contributed by atoms with E-state index in [1.54, 1.807) is 12.1 Å². The number of carbonyl (C=O) groups is 1. The molecule has 2 atom stereocenters. The minimum absolute atomic E-state index is 0. The number of rotatable bonds is 8. The second-order valence-corrected chi connectivity index (χ2v) is 5.85. The van der Waals surface area contributed by atoms with E-state index in [0.717, 1.165) is 12.5 Å². The van der Waals surface area contributed by atoms with Gasteiger partial charge in [0.2, 0.25) is 5.91 Å². The maximum absolute atomic E-state index is 12.8. The molecule has 1 aliphatic rings. The van der Waals surface area contributed by atoms with E-state index in [9.17, 15) is 14.3 Å². The summed E-state index contributed by atoms with van der Waals surface area (Å²) in [7, 11) is 0. The van der Waals surface area contributed by atoms with Crippen LogP contribution >= 0.6 is 12.4 Å². The van der Waals surface area contributed by atoms with Gasteiger partial charge in [-0.15, -0.1) is 12.4 Å². The van der Waals surface area contributed by atoms with Gasteiger partial charge in [0.15, 0.2) is 0 Å². The lowest BCUT2D eigenvalue weighted by atomic mass is 10.0. The third-order valence-electron chi connectivity index (χ3n) is 3.65. The van der Waals surface area contributed by atoms with Crippen LogP contribution in [0.2, 0.25) is 0 Å². The van der Waals surface area contributed by atoms with Gasteiger partial charge in [-0.1, -0.05) is 12.1 Å². The molecule has 0 aliphatic heterocycles. The van der Waals surface area contributed by atoms with E-state index in [4.69, 9.17) is 0 Å². The maximum Gasteiger partial charge on any atom is 0.234 e. The summed E-state index contributed by atoms with van der Waals surface area (Å²) in [5.74, 6) is 0.360. The molecule has 0 bridgehead atoms. The molecule has 2 rings (SSSR count). The van der Waals surface area contributed by atoms with Crippen molar-refractivity contribution in [3.63, 3.8) is 0 Å². The van der Waals surface area contributed by atoms with Crippen molar-refractivity contribution in [2.24, 2.45) is 5.92 Å². The van der Waals surface area contributed by atoms with Gasteiger partial charge in [-0.05, 0) is 56.3 Å². The molecule has 3 N–H and O–H groups in total. The van der Waals surface area contributed by atoms with Crippen LogP contribution in [0.3, 0.4) is 0 Å². The first-order valence-electron chi connectivity index (χ1n) is 7.48. The number of aliphatic hydroxyl groups excluding tert-OH is 1. The summed E-state index contributed by atoms with van der Waals surface area (Å²) in [6.07, 6.45) is 2.21. The van der Waals surface area contributed by atoms with Gasteiger partial charge in [0, 0.05) is 6.04 Å². The van der Waals surface area contributed by atoms with E-state index in [1.807, 2.05) is 6.92 Å². The Balaban J connectivity index is 0.00000242. The van der Waals surface area contributed by atoms with E-state index in [2.05, 4.69) is 10.6 Å². The minimum atomic E-state index is -0.708. The summed E-state index contributed by atoms with van der Waals surface area (Å²) in [5.41, 5.74) is 0.657. The average molecular weight is 331 g/mol. The van der Waals surface area contributed by atoms with Crippen molar-refractivity contribution >= 4 is 18.3 Å². The van der Waals surface area contributed by atoms with E-state index in [-0.39, 0.29) is 30.2 Å². The van der Waals surface area contributed by atoms with Crippen molar-refractivity contribution in [2.45, 2.75) is 38.3 Å². The quantitative estimate of drug-likeness (QED) is 0.684. The SMILES string of the molecule is CC(CC(O)c1ccc(F)cc1)NC(=O)CNCC1CC1.Cl. The molecule has 0 aromatic heterocycles. The minimum Gasteiger partial charge on any atom is -0.388 e. The van der Waals surface area contributed by atoms with Gasteiger partial charge < -0.3 is 15.7 Å². The van der Waals surface area contributed by atoms with Crippen molar-refractivity contribution < 1.29 is 14.3 Å². The van der Waals surface area contributed by atoms with Crippen LogP contribution in [0.1, 0.15) is 37.9 Å². The van der Waals surface area contributed by atoms with Gasteiger partial charge in [-0.3, -0.25) is 4.79 Å². The van der Waals surface area contributed by atoms with Crippen LogP contribution in [-0.4, -0.2) is 30.1 Å². The molecule has 4 nitrogen and oxygen atoms in total. The normalized spacial score (nSPS) is 16.5. The van der Waals surface area contributed by atoms with Crippen molar-refractivity contribution in [1.82, 2.24) is 10.6 Å². The van der Waals surface area contributed by atoms with Crippen LogP contribution in [0.25, 0.3) is 0 Å². The highest BCUT2D eigenvalue weighted by atomic mass is 35.5. The van der Waals surface area contributed by atoms with Crippen molar-refractivity contribution in [3.05, 3.63) is 35.6 Å². The average Bonchev–Trinajstić information content (AvgIpc) is 3.23. The lowest BCUT2D eigenvalue weighted by Crippen LogP contribution is -2.40. The fourth-order valence-electron chi connectivity index (χ4n) is 2.25. The molecule has 0 saturated heterocycles. The molecule has 0 spiro atoms. The van der Waals surface area contributed by atoms with Crippen molar-refractivity contribution in [2.75, 3.05) is 13.1 Å². The summed E-state index contributed by atoms with van der Waals surface area (Å²) in [6, 6.07) is 5.63. The van der Waals surface area contributed by atoms with Crippen LogP contribution in [0.5, 0.6) is 0 Å². The molecule has 124 valence electrons. The molecule has 1 aromatic rings. The largest absolute Gasteiger partial charge is 0.388 e. The Labute approximate surface area is 136 Å². The van der Waals surface area contributed by atoms with E-state index in [0.29, 0.717) is 18.5 Å². The highest BCUT2D eigenvalue weighted by Gasteiger charge is 2.21. The standard InChI is InChI=1S/C16H23FN2O2.ClH/c1-11(19-16(21)10-18-9-12-2-3-12)8-15(20)13-4-6-14(17)7-5-13;/h4-7,11-12,15,18,20H,2-3,8-10H2,1H3,(H,19,21);1H. The van der Waals surface area contributed by atoms with E-state index < -0.39 is 6.10 Å². The lowest BCUT2D eigenvalue weighted by molar-refractivity contribution is -0.121. The Hall–Kier alpha value is -1.17. The molecule has 2 unspecified atom stereocenters. The predicted molar refractivity (Wildman–Crippen MR) is 86.4 cm³/mol. The van der Waals surface area contributed by atoms with Crippen LogP contribution in [0.4, 0.5) is 4.39 Å². The second-order valence-electron chi connectivity index (χ2n) is 5.85. The molecule has 1 aromatic carbocycles. The van der Waals surface area contributed by atoms with Gasteiger partial charge >= 0.3 is 0 Å². The molecule has 22 heavy (non-hydrogen) atoms. The smallest absolute Gasteiger partial charge is 0.234 e. The number of amides is 1. The monoisotopic (exact) mass is 330 g/mol. The summed E-state index contributed by atoms with van der Waals surface area (Å²) < 4.78 is 12.8. The first kappa shape index (κ1) is 18.9. The molecule has 1 saturated carbocycles. The number of nitrogens with one attached hydrogen (secondary N) is 2. The Morgan fingerprint density at radius 3 is 2.59 bits per heavy atom. The van der Waals surface area contributed by atoms with Gasteiger partial charge in [0.25, 0.3) is 0 Å². The fraction of sp³-hybridized carbons (Fsp3) is 0.562. The zero-order valence-electron chi connectivity index (χ0n) is 12.7. The van der Waals surface area contributed by atoms with Crippen molar-refractivity contribution in [3.8, 4) is 0 Å². The zero-order chi connectivity index (χ0) is 15.2. The number of hydrogen-bond acceptors (Lipinski definition) is 3. The zero-order valence-corrected chi connectivity index (χ0v) is 13.5. The summed E-state index contributed by atoms with van der Waals surface area (Å²) >= 11 is 0. The fourth-order valence-corrected chi connectivity index (χ4v) is 2.25. The number of aliphatic hydroxyl groups is 1. The molecular weight excluding hydrogens is 307 g/mol. The number of benzene rings is 1. The second kappa shape index (κ2) is 9.08. The molecule has 1 aliphatic carbocycles. The maximum atomic E-state index is 12.8. The Morgan fingerprint density at radius 1 is 1.36 bits per heavy atom. The summed E-state index contributed by atoms with van der Waals surface area (Å²) in [4.78, 5) is 11.7. The van der Waals surface area contributed by atoms with Gasteiger partial charge in [0.1, 0.15) is 5.82 Å². The number of hydrogen-bond donors (Lipinski definition) is 3. The number of carbonyl (C=O) groups excluding carboxylic acids is 1. The molecular formula is C16H24ClFN2O2. The molecule has 0 heterocycles. The van der Waals surface area contributed by atoms with E-state index >= 15 is 0 Å². The van der Waals surface area contributed by atoms with Crippen LogP contribution in [-0.2, 0) is 4.79 Å².